The maximum absolute atomic E-state index is 12.6. The van der Waals surface area contributed by atoms with Crippen LogP contribution in [0.4, 0.5) is 0 Å². The Labute approximate surface area is 166 Å². The molecule has 1 N–H and O–H groups in total. The fraction of sp³-hybridized carbons (Fsp3) is 0.409. The maximum Gasteiger partial charge on any atom is 0.230 e. The van der Waals surface area contributed by atoms with Crippen LogP contribution in [0.25, 0.3) is 0 Å². The summed E-state index contributed by atoms with van der Waals surface area (Å²) in [4.78, 5) is 16.2. The molecule has 2 aromatic rings. The van der Waals surface area contributed by atoms with Gasteiger partial charge < -0.3 is 10.1 Å². The van der Waals surface area contributed by atoms with Crippen molar-refractivity contribution in [1.29, 1.82) is 0 Å². The van der Waals surface area contributed by atoms with E-state index in [1.54, 1.807) is 11.8 Å². The van der Waals surface area contributed by atoms with Gasteiger partial charge in [-0.05, 0) is 31.0 Å². The standard InChI is InChI=1S/C22H28N2O2S/c1-17-7-9-19(10-8-17)20(15-24-11-13-26-14-12-24)23-22(25)16-27-21-6-4-3-5-18(21)2/h3-10,20H,11-16H2,1-2H3,(H,23,25)/t20-/m1/s1. The molecular formula is C22H28N2O2S. The van der Waals surface area contributed by atoms with Crippen LogP contribution in [0, 0.1) is 13.8 Å². The van der Waals surface area contributed by atoms with E-state index in [1.807, 2.05) is 12.1 Å². The molecule has 5 heteroatoms. The van der Waals surface area contributed by atoms with Gasteiger partial charge in [-0.25, -0.2) is 0 Å². The number of carbonyl (C=O) groups is 1. The first-order chi connectivity index (χ1) is 13.1. The van der Waals surface area contributed by atoms with E-state index in [0.717, 1.165) is 43.3 Å². The van der Waals surface area contributed by atoms with Gasteiger partial charge in [-0.2, -0.15) is 0 Å². The Balaban J connectivity index is 1.63. The minimum Gasteiger partial charge on any atom is -0.379 e. The fourth-order valence-corrected chi connectivity index (χ4v) is 4.01. The number of aryl methyl sites for hydroxylation is 2. The summed E-state index contributed by atoms with van der Waals surface area (Å²) in [7, 11) is 0. The summed E-state index contributed by atoms with van der Waals surface area (Å²) in [5.74, 6) is 0.498. The van der Waals surface area contributed by atoms with Crippen LogP contribution in [0.5, 0.6) is 0 Å². The molecule has 144 valence electrons. The Morgan fingerprint density at radius 1 is 1.11 bits per heavy atom. The lowest BCUT2D eigenvalue weighted by molar-refractivity contribution is -0.119. The van der Waals surface area contributed by atoms with E-state index in [1.165, 1.54) is 11.1 Å². The van der Waals surface area contributed by atoms with E-state index in [2.05, 4.69) is 60.5 Å². The number of morpholine rings is 1. The number of ether oxygens (including phenoxy) is 1. The summed E-state index contributed by atoms with van der Waals surface area (Å²) in [6.45, 7) is 8.32. The van der Waals surface area contributed by atoms with Crippen LogP contribution in [0.2, 0.25) is 0 Å². The van der Waals surface area contributed by atoms with Crippen molar-refractivity contribution in [3.8, 4) is 0 Å². The Morgan fingerprint density at radius 2 is 1.81 bits per heavy atom. The summed E-state index contributed by atoms with van der Waals surface area (Å²) in [6, 6.07) is 16.6. The number of amides is 1. The summed E-state index contributed by atoms with van der Waals surface area (Å²) in [5.41, 5.74) is 3.59. The lowest BCUT2D eigenvalue weighted by atomic mass is 10.0. The van der Waals surface area contributed by atoms with E-state index in [4.69, 9.17) is 4.74 Å². The molecule has 4 nitrogen and oxygen atoms in total. The second-order valence-corrected chi connectivity index (χ2v) is 8.02. The third-order valence-electron chi connectivity index (χ3n) is 4.81. The topological polar surface area (TPSA) is 41.6 Å². The van der Waals surface area contributed by atoms with Crippen molar-refractivity contribution in [2.75, 3.05) is 38.6 Å². The molecule has 1 heterocycles. The molecule has 2 aromatic carbocycles. The van der Waals surface area contributed by atoms with E-state index in [9.17, 15) is 4.79 Å². The van der Waals surface area contributed by atoms with Crippen LogP contribution in [0.15, 0.2) is 53.4 Å². The molecule has 1 aliphatic rings. The Bertz CT molecular complexity index is 742. The van der Waals surface area contributed by atoms with Crippen LogP contribution in [-0.2, 0) is 9.53 Å². The molecule has 0 spiro atoms. The predicted molar refractivity (Wildman–Crippen MR) is 111 cm³/mol. The first kappa shape index (κ1) is 19.9. The number of carbonyl (C=O) groups excluding carboxylic acids is 1. The van der Waals surface area contributed by atoms with Gasteiger partial charge in [0.05, 0.1) is 25.0 Å². The molecular weight excluding hydrogens is 356 g/mol. The van der Waals surface area contributed by atoms with Crippen LogP contribution < -0.4 is 5.32 Å². The van der Waals surface area contributed by atoms with Gasteiger partial charge in [-0.1, -0.05) is 48.0 Å². The smallest absolute Gasteiger partial charge is 0.230 e. The third-order valence-corrected chi connectivity index (χ3v) is 5.99. The Morgan fingerprint density at radius 3 is 2.52 bits per heavy atom. The molecule has 0 aliphatic carbocycles. The highest BCUT2D eigenvalue weighted by atomic mass is 32.2. The van der Waals surface area contributed by atoms with Crippen molar-refractivity contribution >= 4 is 17.7 Å². The van der Waals surface area contributed by atoms with Crippen LogP contribution >= 0.6 is 11.8 Å². The second kappa shape index (κ2) is 9.93. The van der Waals surface area contributed by atoms with Crippen LogP contribution in [-0.4, -0.2) is 49.4 Å². The normalized spacial score (nSPS) is 16.1. The van der Waals surface area contributed by atoms with Gasteiger partial charge in [-0.15, -0.1) is 11.8 Å². The van der Waals surface area contributed by atoms with Gasteiger partial charge in [0.25, 0.3) is 0 Å². The highest BCUT2D eigenvalue weighted by Gasteiger charge is 2.20. The van der Waals surface area contributed by atoms with E-state index >= 15 is 0 Å². The zero-order valence-electron chi connectivity index (χ0n) is 16.1. The minimum atomic E-state index is -0.00586. The van der Waals surface area contributed by atoms with Gasteiger partial charge in [0, 0.05) is 24.5 Å². The summed E-state index contributed by atoms with van der Waals surface area (Å²) < 4.78 is 5.45. The minimum absolute atomic E-state index is 0.00586. The third kappa shape index (κ3) is 6.09. The predicted octanol–water partition coefficient (Wildman–Crippen LogP) is 3.59. The molecule has 27 heavy (non-hydrogen) atoms. The Kier molecular flexibility index (Phi) is 7.33. The molecule has 0 unspecified atom stereocenters. The van der Waals surface area contributed by atoms with Gasteiger partial charge in [0.15, 0.2) is 0 Å². The van der Waals surface area contributed by atoms with Crippen molar-refractivity contribution in [3.63, 3.8) is 0 Å². The Hall–Kier alpha value is -1.82. The fourth-order valence-electron chi connectivity index (χ4n) is 3.17. The lowest BCUT2D eigenvalue weighted by Crippen LogP contribution is -2.43. The molecule has 1 atom stereocenters. The number of hydrogen-bond donors (Lipinski definition) is 1. The van der Waals surface area contributed by atoms with E-state index in [0.29, 0.717) is 5.75 Å². The first-order valence-corrected chi connectivity index (χ1v) is 10.4. The molecule has 1 fully saturated rings. The van der Waals surface area contributed by atoms with Gasteiger partial charge >= 0.3 is 0 Å². The van der Waals surface area contributed by atoms with E-state index < -0.39 is 0 Å². The van der Waals surface area contributed by atoms with Crippen LogP contribution in [0.3, 0.4) is 0 Å². The summed E-state index contributed by atoms with van der Waals surface area (Å²) in [6.07, 6.45) is 0. The maximum atomic E-state index is 12.6. The molecule has 0 bridgehead atoms. The summed E-state index contributed by atoms with van der Waals surface area (Å²) in [5, 5.41) is 3.25. The first-order valence-electron chi connectivity index (χ1n) is 9.46. The molecule has 1 saturated heterocycles. The number of benzene rings is 2. The van der Waals surface area contributed by atoms with Gasteiger partial charge in [0.2, 0.25) is 5.91 Å². The molecule has 0 radical (unpaired) electrons. The van der Waals surface area contributed by atoms with Crippen molar-refractivity contribution in [1.82, 2.24) is 10.2 Å². The zero-order chi connectivity index (χ0) is 19.1. The monoisotopic (exact) mass is 384 g/mol. The summed E-state index contributed by atoms with van der Waals surface area (Å²) >= 11 is 1.60. The molecule has 0 aromatic heterocycles. The van der Waals surface area contributed by atoms with Crippen molar-refractivity contribution in [2.45, 2.75) is 24.8 Å². The second-order valence-electron chi connectivity index (χ2n) is 7.00. The highest BCUT2D eigenvalue weighted by molar-refractivity contribution is 8.00. The van der Waals surface area contributed by atoms with Crippen molar-refractivity contribution in [2.24, 2.45) is 0 Å². The molecule has 1 amide bonds. The van der Waals surface area contributed by atoms with E-state index in [-0.39, 0.29) is 11.9 Å². The van der Waals surface area contributed by atoms with Crippen molar-refractivity contribution in [3.05, 3.63) is 65.2 Å². The number of nitrogens with one attached hydrogen (secondary N) is 1. The number of thioether (sulfide) groups is 1. The largest absolute Gasteiger partial charge is 0.379 e. The molecule has 1 aliphatic heterocycles. The lowest BCUT2D eigenvalue weighted by Gasteiger charge is -2.31. The van der Waals surface area contributed by atoms with Gasteiger partial charge in [0.1, 0.15) is 0 Å². The highest BCUT2D eigenvalue weighted by Crippen LogP contribution is 2.22. The number of hydrogen-bond acceptors (Lipinski definition) is 4. The zero-order valence-corrected chi connectivity index (χ0v) is 16.9. The van der Waals surface area contributed by atoms with Crippen molar-refractivity contribution < 1.29 is 9.53 Å². The molecule has 3 rings (SSSR count). The average Bonchev–Trinajstić information content (AvgIpc) is 2.68. The SMILES string of the molecule is Cc1ccc([C@@H](CN2CCOCC2)NC(=O)CSc2ccccc2C)cc1. The average molecular weight is 385 g/mol. The number of rotatable bonds is 7. The van der Waals surface area contributed by atoms with Crippen LogP contribution in [0.1, 0.15) is 22.7 Å². The van der Waals surface area contributed by atoms with Gasteiger partial charge in [-0.3, -0.25) is 9.69 Å². The number of nitrogens with zero attached hydrogens (tertiary/aromatic N) is 1. The quantitative estimate of drug-likeness (QED) is 0.741. The molecule has 0 saturated carbocycles.